The number of carbonyl (C=O) groups is 1. The summed E-state index contributed by atoms with van der Waals surface area (Å²) in [5, 5.41) is 9.44. The molecule has 0 aromatic heterocycles. The van der Waals surface area contributed by atoms with E-state index in [2.05, 4.69) is 0 Å². The third kappa shape index (κ3) is 5.58. The Kier molecular flexibility index (Phi) is 6.46. The zero-order chi connectivity index (χ0) is 14.4. The summed E-state index contributed by atoms with van der Waals surface area (Å²) >= 11 is 0. The lowest BCUT2D eigenvalue weighted by atomic mass is 9.90. The van der Waals surface area contributed by atoms with E-state index >= 15 is 0 Å². The Hall–Kier alpha value is -0.973. The molecule has 0 saturated heterocycles. The molecule has 0 atom stereocenters. The Balaban J connectivity index is 0.000000321. The zero-order valence-corrected chi connectivity index (χ0v) is 14.2. The number of carbonyl (C=O) groups excluding carboxylic acids is 1. The normalized spacial score (nSPS) is 11.7. The fourth-order valence-electron chi connectivity index (χ4n) is 0.923. The molecule has 0 saturated carbocycles. The first-order valence-corrected chi connectivity index (χ1v) is 6.77. The van der Waals surface area contributed by atoms with Gasteiger partial charge < -0.3 is 9.53 Å². The third-order valence-corrected chi connectivity index (χ3v) is 4.18. The van der Waals surface area contributed by atoms with E-state index in [9.17, 15) is 9.90 Å². The lowest BCUT2D eigenvalue weighted by Crippen LogP contribution is -2.46. The summed E-state index contributed by atoms with van der Waals surface area (Å²) < 4.78 is 5.19. The van der Waals surface area contributed by atoms with Crippen LogP contribution < -0.4 is 0 Å². The molecule has 1 aromatic carbocycles. The van der Waals surface area contributed by atoms with Crippen molar-refractivity contribution in [1.29, 1.82) is 0 Å². The summed E-state index contributed by atoms with van der Waals surface area (Å²) in [6, 6.07) is 9.23. The van der Waals surface area contributed by atoms with Crippen LogP contribution in [0.4, 0.5) is 0 Å². The first-order chi connectivity index (χ1) is 8.12. The second-order valence-corrected chi connectivity index (χ2v) is 5.60. The Labute approximate surface area is 113 Å². The zero-order valence-electron chi connectivity index (χ0n) is 12.2. The SMILES string of the molecule is CC(=O)c1ccccc1.CC(C)(O)C(C)(C)O[SiH3]. The maximum Gasteiger partial charge on any atom is 0.159 e. The minimum Gasteiger partial charge on any atom is -0.420 e. The highest BCUT2D eigenvalue weighted by molar-refractivity contribution is 5.98. The van der Waals surface area contributed by atoms with Gasteiger partial charge in [0.2, 0.25) is 0 Å². The largest absolute Gasteiger partial charge is 0.420 e. The summed E-state index contributed by atoms with van der Waals surface area (Å²) in [4.78, 5) is 10.6. The lowest BCUT2D eigenvalue weighted by molar-refractivity contribution is -0.0876. The molecule has 3 nitrogen and oxygen atoms in total. The molecule has 0 amide bonds. The summed E-state index contributed by atoms with van der Waals surface area (Å²) in [5.41, 5.74) is -0.369. The van der Waals surface area contributed by atoms with Gasteiger partial charge in [0.05, 0.1) is 11.2 Å². The van der Waals surface area contributed by atoms with Crippen LogP contribution >= 0.6 is 0 Å². The second kappa shape index (κ2) is 6.83. The molecular formula is C14H24O3Si. The van der Waals surface area contributed by atoms with Gasteiger partial charge in [-0.3, -0.25) is 4.79 Å². The highest BCUT2D eigenvalue weighted by atomic mass is 28.2. The average molecular weight is 268 g/mol. The molecule has 0 radical (unpaired) electrons. The highest BCUT2D eigenvalue weighted by Gasteiger charge is 2.33. The molecule has 102 valence electrons. The van der Waals surface area contributed by atoms with Crippen LogP contribution in [0.1, 0.15) is 45.0 Å². The third-order valence-electron chi connectivity index (χ3n) is 3.16. The summed E-state index contributed by atoms with van der Waals surface area (Å²) in [6.07, 6.45) is 0. The number of rotatable bonds is 3. The van der Waals surface area contributed by atoms with E-state index in [1.807, 2.05) is 44.2 Å². The molecule has 0 aliphatic heterocycles. The molecule has 18 heavy (non-hydrogen) atoms. The second-order valence-electron chi connectivity index (χ2n) is 5.20. The van der Waals surface area contributed by atoms with Gasteiger partial charge in [-0.25, -0.2) is 0 Å². The molecule has 0 fully saturated rings. The van der Waals surface area contributed by atoms with Gasteiger partial charge in [-0.2, -0.15) is 0 Å². The van der Waals surface area contributed by atoms with Crippen LogP contribution in [-0.4, -0.2) is 32.6 Å². The fraction of sp³-hybridized carbons (Fsp3) is 0.500. The Morgan fingerprint density at radius 3 is 1.78 bits per heavy atom. The van der Waals surface area contributed by atoms with E-state index < -0.39 is 11.2 Å². The number of ketones is 1. The van der Waals surface area contributed by atoms with E-state index in [1.165, 1.54) is 0 Å². The number of hydrogen-bond donors (Lipinski definition) is 1. The van der Waals surface area contributed by atoms with Crippen molar-refractivity contribution in [1.82, 2.24) is 0 Å². The average Bonchev–Trinajstić information content (AvgIpc) is 2.29. The topological polar surface area (TPSA) is 46.5 Å². The van der Waals surface area contributed by atoms with Crippen LogP contribution in [0.15, 0.2) is 30.3 Å². The highest BCUT2D eigenvalue weighted by Crippen LogP contribution is 2.23. The predicted octanol–water partition coefficient (Wildman–Crippen LogP) is 1.72. The van der Waals surface area contributed by atoms with Crippen molar-refractivity contribution < 1.29 is 14.3 Å². The van der Waals surface area contributed by atoms with Crippen molar-refractivity contribution >= 4 is 16.3 Å². The smallest absolute Gasteiger partial charge is 0.159 e. The monoisotopic (exact) mass is 268 g/mol. The first kappa shape index (κ1) is 17.0. The molecule has 4 heteroatoms. The van der Waals surface area contributed by atoms with Crippen LogP contribution in [-0.2, 0) is 4.43 Å². The number of benzene rings is 1. The molecule has 1 N–H and O–H groups in total. The first-order valence-electron chi connectivity index (χ1n) is 5.95. The molecule has 0 aliphatic rings. The Bertz CT molecular complexity index is 366. The van der Waals surface area contributed by atoms with Crippen molar-refractivity contribution in [3.63, 3.8) is 0 Å². The van der Waals surface area contributed by atoms with E-state index in [1.54, 1.807) is 20.8 Å². The summed E-state index contributed by atoms with van der Waals surface area (Å²) in [5.74, 6) is 0.121. The molecule has 0 bridgehead atoms. The fourth-order valence-corrected chi connectivity index (χ4v) is 1.42. The molecule has 1 aromatic rings. The van der Waals surface area contributed by atoms with Crippen LogP contribution in [0.5, 0.6) is 0 Å². The van der Waals surface area contributed by atoms with Crippen LogP contribution in [0, 0.1) is 0 Å². The van der Waals surface area contributed by atoms with Crippen molar-refractivity contribution in [3.8, 4) is 0 Å². The lowest BCUT2D eigenvalue weighted by Gasteiger charge is -2.36. The Morgan fingerprint density at radius 2 is 1.61 bits per heavy atom. The van der Waals surface area contributed by atoms with Crippen molar-refractivity contribution in [2.45, 2.75) is 45.8 Å². The van der Waals surface area contributed by atoms with Gasteiger partial charge in [0.15, 0.2) is 5.78 Å². The van der Waals surface area contributed by atoms with E-state index in [-0.39, 0.29) is 5.78 Å². The molecule has 0 aliphatic carbocycles. The molecule has 0 spiro atoms. The Morgan fingerprint density at radius 1 is 1.17 bits per heavy atom. The molecular weight excluding hydrogens is 244 g/mol. The number of hydrogen-bond acceptors (Lipinski definition) is 3. The van der Waals surface area contributed by atoms with Crippen molar-refractivity contribution in [3.05, 3.63) is 35.9 Å². The minimum absolute atomic E-state index is 0.121. The summed E-state index contributed by atoms with van der Waals surface area (Å²) in [7, 11) is 0.668. The van der Waals surface area contributed by atoms with Gasteiger partial charge >= 0.3 is 0 Å². The minimum atomic E-state index is -0.741. The number of Topliss-reactive ketones (excluding diaryl/α,β-unsaturated/α-hetero) is 1. The van der Waals surface area contributed by atoms with Crippen LogP contribution in [0.25, 0.3) is 0 Å². The summed E-state index contributed by atoms with van der Waals surface area (Å²) in [6.45, 7) is 8.85. The van der Waals surface area contributed by atoms with Gasteiger partial charge in [-0.05, 0) is 34.6 Å². The standard InChI is InChI=1S/C8H8O.C6H16O2Si/c1-7(9)8-5-3-2-4-6-8;1-5(2,7)6(3,4)8-9/h2-6H,1H3;7H,1-4,9H3. The van der Waals surface area contributed by atoms with E-state index in [4.69, 9.17) is 4.43 Å². The van der Waals surface area contributed by atoms with Crippen molar-refractivity contribution in [2.75, 3.05) is 0 Å². The molecule has 1 rings (SSSR count). The van der Waals surface area contributed by atoms with Gasteiger partial charge in [-0.15, -0.1) is 0 Å². The molecule has 0 unspecified atom stereocenters. The van der Waals surface area contributed by atoms with Crippen LogP contribution in [0.2, 0.25) is 0 Å². The van der Waals surface area contributed by atoms with Crippen LogP contribution in [0.3, 0.4) is 0 Å². The van der Waals surface area contributed by atoms with Gasteiger partial charge in [0.25, 0.3) is 0 Å². The van der Waals surface area contributed by atoms with Gasteiger partial charge in [0, 0.05) is 5.56 Å². The van der Waals surface area contributed by atoms with E-state index in [0.29, 0.717) is 10.5 Å². The quantitative estimate of drug-likeness (QED) is 0.671. The van der Waals surface area contributed by atoms with E-state index in [0.717, 1.165) is 5.56 Å². The van der Waals surface area contributed by atoms with Gasteiger partial charge in [-0.1, -0.05) is 30.3 Å². The van der Waals surface area contributed by atoms with Gasteiger partial charge in [0.1, 0.15) is 10.5 Å². The van der Waals surface area contributed by atoms with Crippen molar-refractivity contribution in [2.24, 2.45) is 0 Å². The number of aliphatic hydroxyl groups is 1. The maximum atomic E-state index is 10.6. The maximum absolute atomic E-state index is 10.6. The molecule has 0 heterocycles. The predicted molar refractivity (Wildman–Crippen MR) is 77.8 cm³/mol.